The van der Waals surface area contributed by atoms with Crippen molar-refractivity contribution in [2.24, 2.45) is 5.92 Å². The van der Waals surface area contributed by atoms with Gasteiger partial charge in [0.15, 0.2) is 0 Å². The second-order valence-corrected chi connectivity index (χ2v) is 5.92. The van der Waals surface area contributed by atoms with Crippen molar-refractivity contribution >= 4 is 16.5 Å². The van der Waals surface area contributed by atoms with Crippen LogP contribution in [0.2, 0.25) is 0 Å². The second-order valence-electron chi connectivity index (χ2n) is 5.16. The largest absolute Gasteiger partial charge is 0.393 e. The molecule has 18 heavy (non-hydrogen) atoms. The van der Waals surface area contributed by atoms with Crippen molar-refractivity contribution < 1.29 is 5.11 Å². The molecule has 1 heterocycles. The maximum absolute atomic E-state index is 9.28. The number of aromatic nitrogens is 2. The second kappa shape index (κ2) is 6.45. The minimum atomic E-state index is -0.0638. The van der Waals surface area contributed by atoms with E-state index in [2.05, 4.69) is 33.8 Å². The highest BCUT2D eigenvalue weighted by Crippen LogP contribution is 2.28. The van der Waals surface area contributed by atoms with E-state index < -0.39 is 0 Å². The monoisotopic (exact) mass is 270 g/mol. The molecule has 0 bridgehead atoms. The standard InChI is InChI=1S/C12H22N4OS/c1-3-4-13-12-11(14-15-18-12)8-16(2)7-9-5-10(17)6-9/h9-10,13,17H,3-8H2,1-2H3. The van der Waals surface area contributed by atoms with E-state index in [0.29, 0.717) is 5.92 Å². The summed E-state index contributed by atoms with van der Waals surface area (Å²) in [6, 6.07) is 0. The van der Waals surface area contributed by atoms with Gasteiger partial charge in [-0.05, 0) is 32.2 Å². The molecule has 0 unspecified atom stereocenters. The Labute approximate surface area is 112 Å². The molecule has 1 aromatic heterocycles. The van der Waals surface area contributed by atoms with Gasteiger partial charge in [0.1, 0.15) is 10.7 Å². The average Bonchev–Trinajstić information content (AvgIpc) is 2.71. The number of hydrogen-bond acceptors (Lipinski definition) is 6. The van der Waals surface area contributed by atoms with E-state index in [1.54, 1.807) is 0 Å². The topological polar surface area (TPSA) is 61.3 Å². The number of aliphatic hydroxyl groups excluding tert-OH is 1. The molecule has 2 N–H and O–H groups in total. The Morgan fingerprint density at radius 1 is 1.50 bits per heavy atom. The van der Waals surface area contributed by atoms with E-state index in [1.165, 1.54) is 11.5 Å². The zero-order valence-corrected chi connectivity index (χ0v) is 11.9. The molecule has 0 amide bonds. The third-order valence-corrected chi connectivity index (χ3v) is 4.02. The number of rotatable bonds is 7. The van der Waals surface area contributed by atoms with Crippen LogP contribution in [0.15, 0.2) is 0 Å². The van der Waals surface area contributed by atoms with Crippen molar-refractivity contribution in [1.29, 1.82) is 0 Å². The van der Waals surface area contributed by atoms with Gasteiger partial charge in [0, 0.05) is 31.2 Å². The molecule has 0 saturated heterocycles. The summed E-state index contributed by atoms with van der Waals surface area (Å²) in [5, 5.41) is 17.9. The lowest BCUT2D eigenvalue weighted by atomic mass is 9.82. The zero-order chi connectivity index (χ0) is 13.0. The lowest BCUT2D eigenvalue weighted by Gasteiger charge is -2.34. The summed E-state index contributed by atoms with van der Waals surface area (Å²) < 4.78 is 4.02. The first-order valence-corrected chi connectivity index (χ1v) is 7.38. The minimum Gasteiger partial charge on any atom is -0.393 e. The Balaban J connectivity index is 1.79. The molecule has 0 aromatic carbocycles. The lowest BCUT2D eigenvalue weighted by molar-refractivity contribution is 0.0272. The molecule has 1 fully saturated rings. The number of nitrogens with zero attached hydrogens (tertiary/aromatic N) is 3. The van der Waals surface area contributed by atoms with Crippen LogP contribution in [0, 0.1) is 5.92 Å². The molecule has 5 nitrogen and oxygen atoms in total. The summed E-state index contributed by atoms with van der Waals surface area (Å²) in [4.78, 5) is 2.27. The predicted molar refractivity (Wildman–Crippen MR) is 73.8 cm³/mol. The molecular weight excluding hydrogens is 248 g/mol. The molecule has 102 valence electrons. The molecule has 1 saturated carbocycles. The highest BCUT2D eigenvalue weighted by Gasteiger charge is 2.28. The van der Waals surface area contributed by atoms with Crippen molar-refractivity contribution in [3.63, 3.8) is 0 Å². The number of nitrogens with one attached hydrogen (secondary N) is 1. The van der Waals surface area contributed by atoms with Crippen molar-refractivity contribution in [3.8, 4) is 0 Å². The fourth-order valence-corrected chi connectivity index (χ4v) is 2.89. The summed E-state index contributed by atoms with van der Waals surface area (Å²) >= 11 is 1.43. The third-order valence-electron chi connectivity index (χ3n) is 3.29. The van der Waals surface area contributed by atoms with Gasteiger partial charge in [0.05, 0.1) is 6.10 Å². The predicted octanol–water partition coefficient (Wildman–Crippen LogP) is 1.56. The fraction of sp³-hybridized carbons (Fsp3) is 0.833. The summed E-state index contributed by atoms with van der Waals surface area (Å²) in [5.74, 6) is 0.642. The molecule has 0 radical (unpaired) electrons. The van der Waals surface area contributed by atoms with E-state index in [-0.39, 0.29) is 6.10 Å². The molecule has 0 spiro atoms. The van der Waals surface area contributed by atoms with Crippen LogP contribution in [0.3, 0.4) is 0 Å². The van der Waals surface area contributed by atoms with Crippen LogP contribution in [-0.4, -0.2) is 45.8 Å². The first-order valence-electron chi connectivity index (χ1n) is 6.60. The fourth-order valence-electron chi connectivity index (χ4n) is 2.30. The number of anilines is 1. The first kappa shape index (κ1) is 13.7. The van der Waals surface area contributed by atoms with E-state index >= 15 is 0 Å². The SMILES string of the molecule is CCCNc1snnc1CN(C)CC1CC(O)C1. The Morgan fingerprint density at radius 2 is 2.28 bits per heavy atom. The molecular formula is C12H22N4OS. The van der Waals surface area contributed by atoms with Crippen LogP contribution in [0.25, 0.3) is 0 Å². The van der Waals surface area contributed by atoms with Gasteiger partial charge >= 0.3 is 0 Å². The average molecular weight is 270 g/mol. The van der Waals surface area contributed by atoms with Gasteiger partial charge in [0.2, 0.25) is 0 Å². The van der Waals surface area contributed by atoms with Gasteiger partial charge in [-0.1, -0.05) is 11.4 Å². The van der Waals surface area contributed by atoms with Crippen LogP contribution >= 0.6 is 11.5 Å². The van der Waals surface area contributed by atoms with Gasteiger partial charge in [0.25, 0.3) is 0 Å². The molecule has 0 atom stereocenters. The van der Waals surface area contributed by atoms with Crippen molar-refractivity contribution in [3.05, 3.63) is 5.69 Å². The highest BCUT2D eigenvalue weighted by atomic mass is 32.1. The minimum absolute atomic E-state index is 0.0638. The van der Waals surface area contributed by atoms with E-state index in [1.807, 2.05) is 0 Å². The van der Waals surface area contributed by atoms with Gasteiger partial charge < -0.3 is 15.3 Å². The molecule has 1 aromatic rings. The first-order chi connectivity index (χ1) is 8.69. The van der Waals surface area contributed by atoms with Gasteiger partial charge in [-0.25, -0.2) is 0 Å². The lowest BCUT2D eigenvalue weighted by Crippen LogP contribution is -2.36. The van der Waals surface area contributed by atoms with E-state index in [9.17, 15) is 5.11 Å². The summed E-state index contributed by atoms with van der Waals surface area (Å²) in [6.45, 7) is 4.97. The summed E-state index contributed by atoms with van der Waals surface area (Å²) in [5.41, 5.74) is 1.04. The molecule has 6 heteroatoms. The van der Waals surface area contributed by atoms with Crippen LogP contribution in [0.1, 0.15) is 31.9 Å². The Hall–Kier alpha value is -0.720. The quantitative estimate of drug-likeness (QED) is 0.787. The van der Waals surface area contributed by atoms with E-state index in [0.717, 1.165) is 49.6 Å². The molecule has 1 aliphatic rings. The van der Waals surface area contributed by atoms with E-state index in [4.69, 9.17) is 0 Å². The molecule has 1 aliphatic carbocycles. The van der Waals surface area contributed by atoms with Gasteiger partial charge in [-0.15, -0.1) is 5.10 Å². The normalized spacial score (nSPS) is 23.1. The number of aliphatic hydroxyl groups is 1. The maximum Gasteiger partial charge on any atom is 0.134 e. The molecule has 2 rings (SSSR count). The Morgan fingerprint density at radius 3 is 2.94 bits per heavy atom. The van der Waals surface area contributed by atoms with Crippen molar-refractivity contribution in [2.45, 2.75) is 38.8 Å². The highest BCUT2D eigenvalue weighted by molar-refractivity contribution is 7.10. The Bertz CT molecular complexity index is 365. The van der Waals surface area contributed by atoms with Crippen LogP contribution in [-0.2, 0) is 6.54 Å². The third kappa shape index (κ3) is 3.63. The van der Waals surface area contributed by atoms with Crippen LogP contribution in [0.4, 0.5) is 5.00 Å². The smallest absolute Gasteiger partial charge is 0.134 e. The van der Waals surface area contributed by atoms with Crippen LogP contribution in [0.5, 0.6) is 0 Å². The summed E-state index contributed by atoms with van der Waals surface area (Å²) in [6.07, 6.45) is 2.93. The van der Waals surface area contributed by atoms with Gasteiger partial charge in [-0.2, -0.15) is 0 Å². The van der Waals surface area contributed by atoms with Crippen LogP contribution < -0.4 is 5.32 Å². The zero-order valence-electron chi connectivity index (χ0n) is 11.1. The van der Waals surface area contributed by atoms with Crippen molar-refractivity contribution in [1.82, 2.24) is 14.5 Å². The number of hydrogen-bond donors (Lipinski definition) is 2. The Kier molecular flexibility index (Phi) is 4.91. The van der Waals surface area contributed by atoms with Crippen molar-refractivity contribution in [2.75, 3.05) is 25.5 Å². The maximum atomic E-state index is 9.28. The summed E-state index contributed by atoms with van der Waals surface area (Å²) in [7, 11) is 2.10. The van der Waals surface area contributed by atoms with Gasteiger partial charge in [-0.3, -0.25) is 0 Å². The molecule has 0 aliphatic heterocycles.